The molecule has 2 N–H and O–H groups in total. The summed E-state index contributed by atoms with van der Waals surface area (Å²) >= 11 is 0. The smallest absolute Gasteiger partial charge is 0.181 e. The van der Waals surface area contributed by atoms with Crippen LogP contribution in [0.15, 0.2) is 0 Å². The number of hydrogen-bond acceptors (Lipinski definition) is 3. The SMILES string of the molecule is CCCCCCCCCCCCCCCCCCNP(NCCCCCCCCCCCCCCCCCC)OC. The molecule has 0 saturated heterocycles. The Balaban J connectivity index is 3.24. The summed E-state index contributed by atoms with van der Waals surface area (Å²) in [6.45, 7) is 6.78. The molecule has 0 fully saturated rings. The lowest BCUT2D eigenvalue weighted by Gasteiger charge is -2.17. The molecule has 0 aromatic rings. The van der Waals surface area contributed by atoms with Gasteiger partial charge in [0.05, 0.1) is 0 Å². The van der Waals surface area contributed by atoms with Gasteiger partial charge in [-0.3, -0.25) is 10.2 Å². The Labute approximate surface area is 262 Å². The Bertz CT molecular complexity index is 413. The molecule has 41 heavy (non-hydrogen) atoms. The Morgan fingerprint density at radius 1 is 0.317 bits per heavy atom. The summed E-state index contributed by atoms with van der Waals surface area (Å²) in [5, 5.41) is 7.21. The van der Waals surface area contributed by atoms with Gasteiger partial charge in [0.2, 0.25) is 0 Å². The topological polar surface area (TPSA) is 33.3 Å². The molecule has 0 bridgehead atoms. The highest BCUT2D eigenvalue weighted by Crippen LogP contribution is 2.25. The van der Waals surface area contributed by atoms with Crippen molar-refractivity contribution >= 4 is 8.45 Å². The van der Waals surface area contributed by atoms with Gasteiger partial charge in [-0.1, -0.05) is 206 Å². The highest BCUT2D eigenvalue weighted by atomic mass is 31.2. The first kappa shape index (κ1) is 41.3. The molecule has 0 atom stereocenters. The van der Waals surface area contributed by atoms with Gasteiger partial charge in [0, 0.05) is 20.2 Å². The van der Waals surface area contributed by atoms with Gasteiger partial charge in [-0.2, -0.15) is 0 Å². The van der Waals surface area contributed by atoms with Gasteiger partial charge in [0.15, 0.2) is 8.45 Å². The summed E-state index contributed by atoms with van der Waals surface area (Å²) in [4.78, 5) is 0. The molecule has 0 unspecified atom stereocenters. The fourth-order valence-electron chi connectivity index (χ4n) is 5.89. The molecule has 0 heterocycles. The molecule has 4 heteroatoms. The van der Waals surface area contributed by atoms with Crippen molar-refractivity contribution in [2.24, 2.45) is 0 Å². The van der Waals surface area contributed by atoms with Crippen molar-refractivity contribution in [3.63, 3.8) is 0 Å². The van der Waals surface area contributed by atoms with E-state index in [9.17, 15) is 0 Å². The molecule has 0 aliphatic heterocycles. The minimum absolute atomic E-state index is 0.646. The molecule has 0 radical (unpaired) electrons. The van der Waals surface area contributed by atoms with Gasteiger partial charge in [-0.25, -0.2) is 0 Å². The van der Waals surface area contributed by atoms with Crippen LogP contribution in [0.2, 0.25) is 0 Å². The largest absolute Gasteiger partial charge is 0.335 e. The molecule has 0 aliphatic carbocycles. The first-order valence-corrected chi connectivity index (χ1v) is 20.4. The van der Waals surface area contributed by atoms with Crippen LogP contribution in [0.5, 0.6) is 0 Å². The highest BCUT2D eigenvalue weighted by molar-refractivity contribution is 7.48. The predicted octanol–water partition coefficient (Wildman–Crippen LogP) is 13.6. The third kappa shape index (κ3) is 36.4. The quantitative estimate of drug-likeness (QED) is 0.0551. The number of hydrogen-bond donors (Lipinski definition) is 2. The van der Waals surface area contributed by atoms with Crippen LogP contribution in [0.4, 0.5) is 0 Å². The number of unbranched alkanes of at least 4 members (excludes halogenated alkanes) is 30. The molecule has 0 amide bonds. The van der Waals surface area contributed by atoms with Crippen LogP contribution in [0.3, 0.4) is 0 Å². The van der Waals surface area contributed by atoms with Crippen LogP contribution in [-0.2, 0) is 4.52 Å². The summed E-state index contributed by atoms with van der Waals surface area (Å²) < 4.78 is 5.65. The molecule has 0 saturated carbocycles. The lowest BCUT2D eigenvalue weighted by molar-refractivity contribution is 0.438. The fourth-order valence-corrected chi connectivity index (χ4v) is 6.98. The second kappa shape index (κ2) is 38.3. The minimum atomic E-state index is -0.646. The van der Waals surface area contributed by atoms with Gasteiger partial charge < -0.3 is 4.52 Å². The molecule has 0 aliphatic rings. The van der Waals surface area contributed by atoms with Gasteiger partial charge in [0.25, 0.3) is 0 Å². The predicted molar refractivity (Wildman–Crippen MR) is 189 cm³/mol. The maximum Gasteiger partial charge on any atom is 0.181 e. The van der Waals surface area contributed by atoms with Crippen LogP contribution in [-0.4, -0.2) is 20.2 Å². The molecule has 248 valence electrons. The van der Waals surface area contributed by atoms with E-state index < -0.39 is 8.45 Å². The Kier molecular flexibility index (Phi) is 38.6. The highest BCUT2D eigenvalue weighted by Gasteiger charge is 2.05. The van der Waals surface area contributed by atoms with Crippen molar-refractivity contribution < 1.29 is 4.52 Å². The van der Waals surface area contributed by atoms with Gasteiger partial charge >= 0.3 is 0 Å². The zero-order valence-electron chi connectivity index (χ0n) is 28.9. The van der Waals surface area contributed by atoms with E-state index in [1.54, 1.807) is 0 Å². The zero-order valence-corrected chi connectivity index (χ0v) is 29.8. The van der Waals surface area contributed by atoms with Crippen LogP contribution in [0, 0.1) is 0 Å². The van der Waals surface area contributed by atoms with Crippen molar-refractivity contribution in [3.05, 3.63) is 0 Å². The first-order chi connectivity index (χ1) is 20.3. The molecule has 0 aromatic carbocycles. The Hall–Kier alpha value is 0.310. The first-order valence-electron chi connectivity index (χ1n) is 19.2. The minimum Gasteiger partial charge on any atom is -0.335 e. The van der Waals surface area contributed by atoms with Crippen LogP contribution in [0.25, 0.3) is 0 Å². The standard InChI is InChI=1S/C37H79N2OP/c1-4-6-8-10-12-14-16-18-20-22-24-26-28-30-32-34-36-38-41(40-3)39-37-35-33-31-29-27-25-23-21-19-17-15-13-11-9-7-5-2/h38-39H,4-37H2,1-3H3. The molecule has 3 nitrogen and oxygen atoms in total. The lowest BCUT2D eigenvalue weighted by Crippen LogP contribution is -2.21. The van der Waals surface area contributed by atoms with E-state index in [4.69, 9.17) is 4.52 Å². The average molecular weight is 599 g/mol. The summed E-state index contributed by atoms with van der Waals surface area (Å²) in [5.41, 5.74) is 0. The summed E-state index contributed by atoms with van der Waals surface area (Å²) in [6.07, 6.45) is 45.7. The van der Waals surface area contributed by atoms with E-state index in [0.717, 1.165) is 13.1 Å². The zero-order chi connectivity index (χ0) is 29.7. The number of rotatable bonds is 37. The van der Waals surface area contributed by atoms with E-state index in [1.807, 2.05) is 7.11 Å². The molecular formula is C37H79N2OP. The molecule has 0 aromatic heterocycles. The van der Waals surface area contributed by atoms with Crippen molar-refractivity contribution in [2.75, 3.05) is 20.2 Å². The van der Waals surface area contributed by atoms with Crippen LogP contribution in [0.1, 0.15) is 219 Å². The average Bonchev–Trinajstić information content (AvgIpc) is 2.99. The van der Waals surface area contributed by atoms with Gasteiger partial charge in [-0.05, 0) is 12.8 Å². The Morgan fingerprint density at radius 3 is 0.707 bits per heavy atom. The maximum absolute atomic E-state index is 5.65. The van der Waals surface area contributed by atoms with Gasteiger partial charge in [-0.15, -0.1) is 0 Å². The monoisotopic (exact) mass is 599 g/mol. The van der Waals surface area contributed by atoms with Crippen molar-refractivity contribution in [2.45, 2.75) is 219 Å². The molecular weight excluding hydrogens is 519 g/mol. The maximum atomic E-state index is 5.65. The van der Waals surface area contributed by atoms with E-state index in [-0.39, 0.29) is 0 Å². The third-order valence-electron chi connectivity index (χ3n) is 8.75. The third-order valence-corrected chi connectivity index (χ3v) is 10.1. The van der Waals surface area contributed by atoms with Crippen molar-refractivity contribution in [1.82, 2.24) is 10.2 Å². The summed E-state index contributed by atoms with van der Waals surface area (Å²) in [6, 6.07) is 0. The normalized spacial score (nSPS) is 11.7. The Morgan fingerprint density at radius 2 is 0.512 bits per heavy atom. The molecule has 0 rings (SSSR count). The van der Waals surface area contributed by atoms with E-state index >= 15 is 0 Å². The second-order valence-corrected chi connectivity index (χ2v) is 14.5. The van der Waals surface area contributed by atoms with E-state index in [0.29, 0.717) is 0 Å². The van der Waals surface area contributed by atoms with Gasteiger partial charge in [0.1, 0.15) is 0 Å². The van der Waals surface area contributed by atoms with Crippen LogP contribution < -0.4 is 10.2 Å². The fraction of sp³-hybridized carbons (Fsp3) is 1.00. The van der Waals surface area contributed by atoms with Crippen molar-refractivity contribution in [1.29, 1.82) is 0 Å². The second-order valence-electron chi connectivity index (χ2n) is 12.9. The lowest BCUT2D eigenvalue weighted by atomic mass is 10.0. The van der Waals surface area contributed by atoms with E-state index in [2.05, 4.69) is 24.0 Å². The van der Waals surface area contributed by atoms with Crippen LogP contribution >= 0.6 is 8.45 Å². The number of nitrogens with one attached hydrogen (secondary N) is 2. The summed E-state index contributed by atoms with van der Waals surface area (Å²) in [7, 11) is 1.19. The molecule has 0 spiro atoms. The van der Waals surface area contributed by atoms with Crippen molar-refractivity contribution in [3.8, 4) is 0 Å². The van der Waals surface area contributed by atoms with E-state index in [1.165, 1.54) is 205 Å². The summed E-state index contributed by atoms with van der Waals surface area (Å²) in [5.74, 6) is 0.